The van der Waals surface area contributed by atoms with Crippen molar-refractivity contribution in [2.45, 2.75) is 32.0 Å². The lowest BCUT2D eigenvalue weighted by Crippen LogP contribution is -2.49. The molecule has 11 nitrogen and oxygen atoms in total. The predicted molar refractivity (Wildman–Crippen MR) is 116 cm³/mol. The van der Waals surface area contributed by atoms with Crippen LogP contribution >= 0.6 is 11.6 Å². The molecule has 2 aromatic rings. The van der Waals surface area contributed by atoms with Gasteiger partial charge in [0, 0.05) is 32.7 Å². The molecule has 3 rings (SSSR count). The molecule has 2 heterocycles. The van der Waals surface area contributed by atoms with Gasteiger partial charge < -0.3 is 29.6 Å². The van der Waals surface area contributed by atoms with Crippen LogP contribution in [0.2, 0.25) is 5.28 Å². The van der Waals surface area contributed by atoms with Crippen molar-refractivity contribution in [1.82, 2.24) is 19.4 Å². The summed E-state index contributed by atoms with van der Waals surface area (Å²) in [5.41, 5.74) is -0.762. The molecule has 0 bridgehead atoms. The third-order valence-corrected chi connectivity index (χ3v) is 5.41. The summed E-state index contributed by atoms with van der Waals surface area (Å²) in [7, 11) is 0. The number of amides is 1. The minimum absolute atomic E-state index is 0.179. The predicted octanol–water partition coefficient (Wildman–Crippen LogP) is 3.05. The van der Waals surface area contributed by atoms with Crippen molar-refractivity contribution in [3.63, 3.8) is 0 Å². The summed E-state index contributed by atoms with van der Waals surface area (Å²) >= 11 is 5.85. The third-order valence-electron chi connectivity index (χ3n) is 5.11. The molecule has 15 heteroatoms. The highest BCUT2D eigenvalue weighted by Gasteiger charge is 2.31. The van der Waals surface area contributed by atoms with E-state index in [0.29, 0.717) is 32.7 Å². The highest BCUT2D eigenvalue weighted by molar-refractivity contribution is 6.28. The quantitative estimate of drug-likeness (QED) is 0.415. The lowest BCUT2D eigenvalue weighted by molar-refractivity contribution is -0.389. The third kappa shape index (κ3) is 7.97. The number of halogens is 4. The number of aromatic nitrogens is 2. The Labute approximate surface area is 202 Å². The van der Waals surface area contributed by atoms with Crippen LogP contribution in [0.5, 0.6) is 5.75 Å². The number of piperazine rings is 1. The maximum Gasteiger partial charge on any atom is 0.573 e. The first-order chi connectivity index (χ1) is 16.3. The first-order valence-electron chi connectivity index (χ1n) is 10.4. The van der Waals surface area contributed by atoms with Gasteiger partial charge in [-0.2, -0.15) is 0 Å². The average molecular weight is 522 g/mol. The van der Waals surface area contributed by atoms with Crippen molar-refractivity contribution < 1.29 is 37.5 Å². The molecule has 192 valence electrons. The van der Waals surface area contributed by atoms with E-state index in [-0.39, 0.29) is 24.2 Å². The molecule has 1 fully saturated rings. The van der Waals surface area contributed by atoms with Gasteiger partial charge in [0.15, 0.2) is 0 Å². The number of hydrogen-bond donors (Lipinski definition) is 1. The van der Waals surface area contributed by atoms with Crippen molar-refractivity contribution in [2.24, 2.45) is 0 Å². The summed E-state index contributed by atoms with van der Waals surface area (Å²) in [6.45, 7) is 3.07. The molecule has 0 unspecified atom stereocenters. The van der Waals surface area contributed by atoms with Gasteiger partial charge in [-0.05, 0) is 46.1 Å². The van der Waals surface area contributed by atoms with Crippen LogP contribution in [0.4, 0.5) is 23.8 Å². The molecule has 1 aromatic heterocycles. The van der Waals surface area contributed by atoms with Crippen LogP contribution in [0, 0.1) is 10.1 Å². The van der Waals surface area contributed by atoms with Crippen LogP contribution < -0.4 is 4.74 Å². The molecule has 0 spiro atoms. The van der Waals surface area contributed by atoms with E-state index in [2.05, 4.69) is 9.72 Å². The van der Waals surface area contributed by atoms with Crippen LogP contribution in [0.1, 0.15) is 12.5 Å². The molecule has 35 heavy (non-hydrogen) atoms. The summed E-state index contributed by atoms with van der Waals surface area (Å²) in [4.78, 5) is 29.6. The zero-order valence-corrected chi connectivity index (χ0v) is 19.3. The average Bonchev–Trinajstić information content (AvgIpc) is 3.13. The molecule has 1 N–H and O–H groups in total. The molecule has 1 aliphatic heterocycles. The summed E-state index contributed by atoms with van der Waals surface area (Å²) < 4.78 is 47.0. The van der Waals surface area contributed by atoms with E-state index in [1.807, 2.05) is 4.90 Å². The Morgan fingerprint density at radius 3 is 2.40 bits per heavy atom. The SMILES string of the molecule is C[C@](O)(COC(=O)N1CCN(Cc2ccc(OC(F)(F)F)cc2)CC1)Cn1cc([N+](=O)[O-])nc1Cl. The van der Waals surface area contributed by atoms with Crippen molar-refractivity contribution in [2.75, 3.05) is 32.8 Å². The van der Waals surface area contributed by atoms with E-state index in [1.165, 1.54) is 28.5 Å². The number of aliphatic hydroxyl groups is 1. The summed E-state index contributed by atoms with van der Waals surface area (Å²) in [6, 6.07) is 5.59. The second-order valence-corrected chi connectivity index (χ2v) is 8.60. The van der Waals surface area contributed by atoms with E-state index in [0.717, 1.165) is 11.8 Å². The van der Waals surface area contributed by atoms with Gasteiger partial charge in [-0.3, -0.25) is 9.47 Å². The fraction of sp³-hybridized carbons (Fsp3) is 0.500. The van der Waals surface area contributed by atoms with E-state index >= 15 is 0 Å². The molecular weight excluding hydrogens is 499 g/mol. The number of alkyl halides is 3. The summed E-state index contributed by atoms with van der Waals surface area (Å²) in [6.07, 6.45) is -4.29. The Morgan fingerprint density at radius 2 is 1.86 bits per heavy atom. The van der Waals surface area contributed by atoms with Crippen LogP contribution in [-0.4, -0.2) is 80.2 Å². The standard InChI is InChI=1S/C20H23ClF3N5O6/c1-19(31,12-28-11-16(29(32)33)25-17(28)21)13-34-18(30)27-8-6-26(7-9-27)10-14-2-4-15(5-3-14)35-20(22,23)24/h2-5,11,31H,6-10,12-13H2,1H3/t19-/m1/s1. The van der Waals surface area contributed by atoms with E-state index in [4.69, 9.17) is 16.3 Å². The number of carbonyl (C=O) groups is 1. The maximum absolute atomic E-state index is 12.4. The number of rotatable bonds is 8. The van der Waals surface area contributed by atoms with Gasteiger partial charge in [-0.1, -0.05) is 12.1 Å². The van der Waals surface area contributed by atoms with Crippen LogP contribution in [0.3, 0.4) is 0 Å². The second kappa shape index (κ2) is 10.7. The molecule has 0 saturated carbocycles. The molecule has 1 saturated heterocycles. The highest BCUT2D eigenvalue weighted by atomic mass is 35.5. The lowest BCUT2D eigenvalue weighted by atomic mass is 10.1. The van der Waals surface area contributed by atoms with Crippen LogP contribution in [-0.2, 0) is 17.8 Å². The molecule has 1 atom stereocenters. The fourth-order valence-corrected chi connectivity index (χ4v) is 3.64. The van der Waals surface area contributed by atoms with Crippen molar-refractivity contribution in [3.05, 3.63) is 51.4 Å². The van der Waals surface area contributed by atoms with Crippen molar-refractivity contribution in [1.29, 1.82) is 0 Å². The number of carbonyl (C=O) groups excluding carboxylic acids is 1. The molecule has 1 aliphatic rings. The molecule has 0 aliphatic carbocycles. The number of hydrogen-bond acceptors (Lipinski definition) is 8. The van der Waals surface area contributed by atoms with Gasteiger partial charge in [0.2, 0.25) is 0 Å². The Kier molecular flexibility index (Phi) is 8.07. The maximum atomic E-state index is 12.4. The van der Waals surface area contributed by atoms with Crippen LogP contribution in [0.15, 0.2) is 30.5 Å². The molecule has 1 aromatic carbocycles. The monoisotopic (exact) mass is 521 g/mol. The minimum atomic E-state index is -4.74. The minimum Gasteiger partial charge on any atom is -0.446 e. The molecule has 0 radical (unpaired) electrons. The van der Waals surface area contributed by atoms with Crippen LogP contribution in [0.25, 0.3) is 0 Å². The topological polar surface area (TPSA) is 123 Å². The Morgan fingerprint density at radius 1 is 1.23 bits per heavy atom. The van der Waals surface area contributed by atoms with Gasteiger partial charge in [0.05, 0.1) is 6.54 Å². The van der Waals surface area contributed by atoms with E-state index < -0.39 is 28.8 Å². The number of ether oxygens (including phenoxy) is 2. The normalized spacial score (nSPS) is 16.6. The Bertz CT molecular complexity index is 1040. The fourth-order valence-electron chi connectivity index (χ4n) is 3.44. The van der Waals surface area contributed by atoms with Gasteiger partial charge in [0.1, 0.15) is 24.2 Å². The van der Waals surface area contributed by atoms with Gasteiger partial charge in [-0.15, -0.1) is 13.2 Å². The highest BCUT2D eigenvalue weighted by Crippen LogP contribution is 2.23. The van der Waals surface area contributed by atoms with E-state index in [9.17, 15) is 33.2 Å². The smallest absolute Gasteiger partial charge is 0.446 e. The Balaban J connectivity index is 1.43. The number of imidazole rings is 1. The summed E-state index contributed by atoms with van der Waals surface area (Å²) in [5, 5.41) is 21.1. The molecular formula is C20H23ClF3N5O6. The van der Waals surface area contributed by atoms with Gasteiger partial charge >= 0.3 is 23.6 Å². The van der Waals surface area contributed by atoms with Crippen molar-refractivity contribution in [3.8, 4) is 5.75 Å². The first kappa shape index (κ1) is 26.5. The lowest BCUT2D eigenvalue weighted by Gasteiger charge is -2.34. The first-order valence-corrected chi connectivity index (χ1v) is 10.8. The number of benzene rings is 1. The van der Waals surface area contributed by atoms with Gasteiger partial charge in [-0.25, -0.2) is 4.79 Å². The van der Waals surface area contributed by atoms with E-state index in [1.54, 1.807) is 12.1 Å². The number of nitro groups is 1. The van der Waals surface area contributed by atoms with Gasteiger partial charge in [0.25, 0.3) is 0 Å². The summed E-state index contributed by atoms with van der Waals surface area (Å²) in [5.74, 6) is -0.760. The zero-order chi connectivity index (χ0) is 25.8. The Hall–Kier alpha value is -3.10. The number of nitrogens with zero attached hydrogens (tertiary/aromatic N) is 5. The molecule has 1 amide bonds. The zero-order valence-electron chi connectivity index (χ0n) is 18.6. The largest absolute Gasteiger partial charge is 0.573 e. The second-order valence-electron chi connectivity index (χ2n) is 8.26. The van der Waals surface area contributed by atoms with Crippen molar-refractivity contribution >= 4 is 23.5 Å².